The monoisotopic (exact) mass is 228 g/mol. The molecule has 0 spiro atoms. The van der Waals surface area contributed by atoms with Crippen molar-refractivity contribution < 1.29 is 9.90 Å². The molecule has 0 aromatic heterocycles. The third kappa shape index (κ3) is 7.72. The van der Waals surface area contributed by atoms with Crippen LogP contribution in [0.2, 0.25) is 0 Å². The molecule has 16 heavy (non-hydrogen) atoms. The first kappa shape index (κ1) is 15.5. The van der Waals surface area contributed by atoms with Crippen LogP contribution in [0.4, 0.5) is 0 Å². The topological polar surface area (TPSA) is 37.3 Å². The Hall–Kier alpha value is -0.530. The maximum absolute atomic E-state index is 10.9. The van der Waals surface area contributed by atoms with E-state index in [-0.39, 0.29) is 11.8 Å². The van der Waals surface area contributed by atoms with Crippen LogP contribution in [-0.4, -0.2) is 11.1 Å². The Bertz CT molecular complexity index is 176. The zero-order chi connectivity index (χ0) is 12.4. The van der Waals surface area contributed by atoms with Crippen molar-refractivity contribution in [3.63, 3.8) is 0 Å². The maximum Gasteiger partial charge on any atom is 0.306 e. The highest BCUT2D eigenvalue weighted by molar-refractivity contribution is 5.70. The van der Waals surface area contributed by atoms with Gasteiger partial charge in [0.1, 0.15) is 0 Å². The van der Waals surface area contributed by atoms with E-state index in [1.165, 1.54) is 38.5 Å². The fraction of sp³-hybridized carbons (Fsp3) is 0.929. The molecule has 2 nitrogen and oxygen atoms in total. The highest BCUT2D eigenvalue weighted by Gasteiger charge is 2.20. The van der Waals surface area contributed by atoms with Crippen LogP contribution in [-0.2, 0) is 4.79 Å². The Morgan fingerprint density at radius 3 is 1.94 bits per heavy atom. The number of carbonyl (C=O) groups is 1. The second kappa shape index (κ2) is 9.68. The van der Waals surface area contributed by atoms with Gasteiger partial charge in [0.15, 0.2) is 0 Å². The minimum Gasteiger partial charge on any atom is -0.481 e. The fourth-order valence-corrected chi connectivity index (χ4v) is 2.06. The molecule has 96 valence electrons. The van der Waals surface area contributed by atoms with Gasteiger partial charge in [-0.05, 0) is 12.3 Å². The number of carboxylic acid groups (broad SMARTS) is 1. The lowest BCUT2D eigenvalue weighted by molar-refractivity contribution is -0.143. The molecule has 0 aliphatic rings. The lowest BCUT2D eigenvalue weighted by Crippen LogP contribution is -2.19. The molecule has 0 aliphatic carbocycles. The van der Waals surface area contributed by atoms with Crippen LogP contribution in [0.15, 0.2) is 0 Å². The molecule has 2 heteroatoms. The predicted molar refractivity (Wildman–Crippen MR) is 68.6 cm³/mol. The van der Waals surface area contributed by atoms with E-state index in [2.05, 4.69) is 6.92 Å². The molecule has 0 fully saturated rings. The molecule has 0 saturated heterocycles. The van der Waals surface area contributed by atoms with Gasteiger partial charge < -0.3 is 5.11 Å². The summed E-state index contributed by atoms with van der Waals surface area (Å²) in [7, 11) is 0. The largest absolute Gasteiger partial charge is 0.481 e. The Morgan fingerprint density at radius 1 is 1.00 bits per heavy atom. The van der Waals surface area contributed by atoms with Crippen LogP contribution >= 0.6 is 0 Å². The van der Waals surface area contributed by atoms with Crippen molar-refractivity contribution in [1.82, 2.24) is 0 Å². The lowest BCUT2D eigenvalue weighted by atomic mass is 9.90. The molecule has 1 atom stereocenters. The van der Waals surface area contributed by atoms with E-state index < -0.39 is 5.97 Å². The first-order chi connectivity index (χ1) is 7.59. The Kier molecular flexibility index (Phi) is 9.36. The third-order valence-corrected chi connectivity index (χ3v) is 3.24. The zero-order valence-electron chi connectivity index (χ0n) is 11.2. The molecule has 0 aromatic rings. The summed E-state index contributed by atoms with van der Waals surface area (Å²) < 4.78 is 0. The van der Waals surface area contributed by atoms with Crippen LogP contribution in [0.3, 0.4) is 0 Å². The summed E-state index contributed by atoms with van der Waals surface area (Å²) >= 11 is 0. The van der Waals surface area contributed by atoms with Gasteiger partial charge >= 0.3 is 5.97 Å². The highest BCUT2D eigenvalue weighted by Crippen LogP contribution is 2.19. The van der Waals surface area contributed by atoms with Gasteiger partial charge in [-0.3, -0.25) is 4.79 Å². The van der Waals surface area contributed by atoms with Crippen molar-refractivity contribution >= 4 is 5.97 Å². The van der Waals surface area contributed by atoms with Crippen molar-refractivity contribution in [1.29, 1.82) is 0 Å². The van der Waals surface area contributed by atoms with Crippen LogP contribution in [0.1, 0.15) is 72.1 Å². The number of carboxylic acids is 1. The predicted octanol–water partition coefficient (Wildman–Crippen LogP) is 4.48. The van der Waals surface area contributed by atoms with Crippen LogP contribution in [0, 0.1) is 11.8 Å². The molecule has 0 aromatic carbocycles. The summed E-state index contributed by atoms with van der Waals surface area (Å²) in [6, 6.07) is 0. The minimum absolute atomic E-state index is 0.143. The molecule has 0 aliphatic heterocycles. The van der Waals surface area contributed by atoms with E-state index in [1.54, 1.807) is 0 Å². The van der Waals surface area contributed by atoms with E-state index in [9.17, 15) is 4.79 Å². The Balaban J connectivity index is 3.45. The summed E-state index contributed by atoms with van der Waals surface area (Å²) in [5.41, 5.74) is 0. The first-order valence-electron chi connectivity index (χ1n) is 6.82. The molecule has 0 heterocycles. The summed E-state index contributed by atoms with van der Waals surface area (Å²) in [5, 5.41) is 9.02. The van der Waals surface area contributed by atoms with Crippen molar-refractivity contribution in [2.45, 2.75) is 72.1 Å². The van der Waals surface area contributed by atoms with Crippen LogP contribution in [0.5, 0.6) is 0 Å². The molecule has 0 radical (unpaired) electrons. The quantitative estimate of drug-likeness (QED) is 0.560. The van der Waals surface area contributed by atoms with Crippen LogP contribution < -0.4 is 0 Å². The van der Waals surface area contributed by atoms with Gasteiger partial charge in [-0.1, -0.05) is 65.7 Å². The third-order valence-electron chi connectivity index (χ3n) is 3.24. The summed E-state index contributed by atoms with van der Waals surface area (Å²) in [6.07, 6.45) is 9.65. The average molecular weight is 228 g/mol. The average Bonchev–Trinajstić information content (AvgIpc) is 2.21. The van der Waals surface area contributed by atoms with Crippen molar-refractivity contribution in [2.75, 3.05) is 0 Å². The standard InChI is InChI=1S/C14H28O2/c1-4-5-6-7-8-9-10-11-13(12(2)3)14(15)16/h12-13H,4-11H2,1-3H3,(H,15,16). The van der Waals surface area contributed by atoms with Crippen molar-refractivity contribution in [3.8, 4) is 0 Å². The van der Waals surface area contributed by atoms with Gasteiger partial charge in [0.25, 0.3) is 0 Å². The molecule has 1 unspecified atom stereocenters. The zero-order valence-corrected chi connectivity index (χ0v) is 11.2. The first-order valence-corrected chi connectivity index (χ1v) is 6.82. The van der Waals surface area contributed by atoms with E-state index in [0.29, 0.717) is 0 Å². The van der Waals surface area contributed by atoms with Crippen molar-refractivity contribution in [3.05, 3.63) is 0 Å². The molecule has 0 saturated carbocycles. The second-order valence-electron chi connectivity index (χ2n) is 5.10. The molecule has 1 N–H and O–H groups in total. The van der Waals surface area contributed by atoms with Gasteiger partial charge in [-0.15, -0.1) is 0 Å². The molecule has 0 bridgehead atoms. The Morgan fingerprint density at radius 2 is 1.50 bits per heavy atom. The van der Waals surface area contributed by atoms with Gasteiger partial charge in [-0.25, -0.2) is 0 Å². The van der Waals surface area contributed by atoms with Gasteiger partial charge in [0, 0.05) is 0 Å². The maximum atomic E-state index is 10.9. The van der Waals surface area contributed by atoms with E-state index in [4.69, 9.17) is 5.11 Å². The SMILES string of the molecule is CCCCCCCCCC(C(=O)O)C(C)C. The van der Waals surface area contributed by atoms with Crippen molar-refractivity contribution in [2.24, 2.45) is 11.8 Å². The number of rotatable bonds is 10. The second-order valence-corrected chi connectivity index (χ2v) is 5.10. The number of hydrogen-bond acceptors (Lipinski definition) is 1. The summed E-state index contributed by atoms with van der Waals surface area (Å²) in [4.78, 5) is 10.9. The Labute approximate surface area is 100 Å². The molecular weight excluding hydrogens is 200 g/mol. The smallest absolute Gasteiger partial charge is 0.306 e. The van der Waals surface area contributed by atoms with Gasteiger partial charge in [-0.2, -0.15) is 0 Å². The molecule has 0 rings (SSSR count). The molecular formula is C14H28O2. The van der Waals surface area contributed by atoms with E-state index in [0.717, 1.165) is 12.8 Å². The summed E-state index contributed by atoms with van der Waals surface area (Å²) in [5.74, 6) is -0.505. The number of unbranched alkanes of at least 4 members (excludes halogenated alkanes) is 6. The minimum atomic E-state index is -0.624. The molecule has 0 amide bonds. The van der Waals surface area contributed by atoms with Crippen LogP contribution in [0.25, 0.3) is 0 Å². The lowest BCUT2D eigenvalue weighted by Gasteiger charge is -2.15. The van der Waals surface area contributed by atoms with E-state index >= 15 is 0 Å². The van der Waals surface area contributed by atoms with Gasteiger partial charge in [0.2, 0.25) is 0 Å². The number of aliphatic carboxylic acids is 1. The summed E-state index contributed by atoms with van der Waals surface area (Å²) in [6.45, 7) is 6.22. The normalized spacial score (nSPS) is 13.0. The fourth-order valence-electron chi connectivity index (χ4n) is 2.06. The van der Waals surface area contributed by atoms with E-state index in [1.807, 2.05) is 13.8 Å². The van der Waals surface area contributed by atoms with Gasteiger partial charge in [0.05, 0.1) is 5.92 Å². The number of hydrogen-bond donors (Lipinski definition) is 1. The highest BCUT2D eigenvalue weighted by atomic mass is 16.4.